The second kappa shape index (κ2) is 10.3. The molecule has 0 spiro atoms. The van der Waals surface area contributed by atoms with Crippen molar-refractivity contribution in [3.8, 4) is 5.75 Å². The average Bonchev–Trinajstić information content (AvgIpc) is 2.60. The van der Waals surface area contributed by atoms with Gasteiger partial charge in [-0.15, -0.1) is 0 Å². The van der Waals surface area contributed by atoms with Crippen LogP contribution in [0.4, 0.5) is 0 Å². The van der Waals surface area contributed by atoms with Crippen molar-refractivity contribution in [2.75, 3.05) is 40.5 Å². The molecule has 2 N–H and O–H groups in total. The average molecular weight is 348 g/mol. The summed E-state index contributed by atoms with van der Waals surface area (Å²) in [4.78, 5) is 4.84. The highest BCUT2D eigenvalue weighted by molar-refractivity contribution is 5.79. The Bertz CT molecular complexity index is 541. The Kier molecular flexibility index (Phi) is 8.06. The monoisotopic (exact) mass is 347 g/mol. The number of hydrogen-bond acceptors (Lipinski definition) is 3. The molecule has 5 nitrogen and oxygen atoms in total. The lowest BCUT2D eigenvalue weighted by Crippen LogP contribution is -2.41. The molecule has 1 aliphatic carbocycles. The van der Waals surface area contributed by atoms with Crippen LogP contribution in [0.3, 0.4) is 0 Å². The quantitative estimate of drug-likeness (QED) is 0.505. The maximum Gasteiger partial charge on any atom is 0.191 e. The highest BCUT2D eigenvalue weighted by atomic mass is 16.5. The van der Waals surface area contributed by atoms with Crippen molar-refractivity contribution in [3.05, 3.63) is 29.8 Å². The Balaban J connectivity index is 1.84. The molecule has 1 aromatic rings. The molecular weight excluding hydrogens is 314 g/mol. The van der Waals surface area contributed by atoms with Gasteiger partial charge in [-0.1, -0.05) is 18.6 Å². The highest BCUT2D eigenvalue weighted by Gasteiger charge is 2.36. The fraction of sp³-hybridized carbons (Fsp3) is 0.650. The largest absolute Gasteiger partial charge is 0.497 e. The molecule has 0 atom stereocenters. The Hall–Kier alpha value is -1.75. The van der Waals surface area contributed by atoms with Gasteiger partial charge in [0.05, 0.1) is 7.11 Å². The second-order valence-electron chi connectivity index (χ2n) is 6.82. The topological polar surface area (TPSA) is 54.9 Å². The third-order valence-corrected chi connectivity index (χ3v) is 5.01. The molecular formula is C20H33N3O2. The summed E-state index contributed by atoms with van der Waals surface area (Å²) < 4.78 is 10.6. The zero-order valence-electron chi connectivity index (χ0n) is 15.9. The van der Waals surface area contributed by atoms with Crippen molar-refractivity contribution in [1.82, 2.24) is 10.6 Å². The summed E-state index contributed by atoms with van der Waals surface area (Å²) in [6.07, 6.45) is 5.90. The molecule has 25 heavy (non-hydrogen) atoms. The number of hydrogen-bond donors (Lipinski definition) is 2. The van der Waals surface area contributed by atoms with Gasteiger partial charge in [-0.25, -0.2) is 0 Å². The van der Waals surface area contributed by atoms with Crippen molar-refractivity contribution in [2.24, 2.45) is 10.4 Å². The van der Waals surface area contributed by atoms with Gasteiger partial charge in [-0.3, -0.25) is 4.99 Å². The summed E-state index contributed by atoms with van der Waals surface area (Å²) in [6, 6.07) is 8.21. The predicted molar refractivity (Wildman–Crippen MR) is 103 cm³/mol. The van der Waals surface area contributed by atoms with E-state index in [1.165, 1.54) is 24.8 Å². The second-order valence-corrected chi connectivity index (χ2v) is 6.82. The molecule has 0 amide bonds. The van der Waals surface area contributed by atoms with Gasteiger partial charge < -0.3 is 20.1 Å². The summed E-state index contributed by atoms with van der Waals surface area (Å²) in [6.45, 7) is 5.53. The maximum atomic E-state index is 5.28. The van der Waals surface area contributed by atoms with Gasteiger partial charge in [0.2, 0.25) is 0 Å². The minimum atomic E-state index is 0.352. The molecule has 0 unspecified atom stereocenters. The van der Waals surface area contributed by atoms with Crippen LogP contribution in [0.25, 0.3) is 0 Å². The molecule has 0 saturated heterocycles. The highest BCUT2D eigenvalue weighted by Crippen LogP contribution is 2.44. The van der Waals surface area contributed by atoms with E-state index in [-0.39, 0.29) is 0 Å². The SMILES string of the molecule is CCNC(=NCC1(CCOC)CCC1)NCCc1cccc(OC)c1. The van der Waals surface area contributed by atoms with Gasteiger partial charge >= 0.3 is 0 Å². The summed E-state index contributed by atoms with van der Waals surface area (Å²) >= 11 is 0. The molecule has 5 heteroatoms. The summed E-state index contributed by atoms with van der Waals surface area (Å²) in [5.41, 5.74) is 1.61. The van der Waals surface area contributed by atoms with Crippen molar-refractivity contribution >= 4 is 5.96 Å². The summed E-state index contributed by atoms with van der Waals surface area (Å²) in [5.74, 6) is 1.82. The Morgan fingerprint density at radius 1 is 1.24 bits per heavy atom. The molecule has 140 valence electrons. The number of methoxy groups -OCH3 is 2. The zero-order chi connectivity index (χ0) is 18.0. The van der Waals surface area contributed by atoms with Crippen LogP contribution < -0.4 is 15.4 Å². The first-order valence-electron chi connectivity index (χ1n) is 9.35. The van der Waals surface area contributed by atoms with Gasteiger partial charge in [-0.05, 0) is 55.7 Å². The van der Waals surface area contributed by atoms with Crippen molar-refractivity contribution in [3.63, 3.8) is 0 Å². The predicted octanol–water partition coefficient (Wildman–Crippen LogP) is 3.00. The molecule has 0 bridgehead atoms. The van der Waals surface area contributed by atoms with Crippen LogP contribution in [0.1, 0.15) is 38.2 Å². The third-order valence-electron chi connectivity index (χ3n) is 5.01. The first kappa shape index (κ1) is 19.6. The van der Waals surface area contributed by atoms with Crippen LogP contribution in [-0.2, 0) is 11.2 Å². The van der Waals surface area contributed by atoms with E-state index in [4.69, 9.17) is 14.5 Å². The van der Waals surface area contributed by atoms with E-state index >= 15 is 0 Å². The van der Waals surface area contributed by atoms with E-state index in [1.54, 1.807) is 14.2 Å². The van der Waals surface area contributed by atoms with Gasteiger partial charge in [0.25, 0.3) is 0 Å². The van der Waals surface area contributed by atoms with Crippen LogP contribution in [0.2, 0.25) is 0 Å². The number of rotatable bonds is 10. The van der Waals surface area contributed by atoms with Gasteiger partial charge in [0, 0.05) is 33.4 Å². The lowest BCUT2D eigenvalue weighted by Gasteiger charge is -2.40. The fourth-order valence-electron chi connectivity index (χ4n) is 3.22. The van der Waals surface area contributed by atoms with Crippen molar-refractivity contribution in [2.45, 2.75) is 39.0 Å². The third kappa shape index (κ3) is 6.24. The molecule has 0 aliphatic heterocycles. The standard InChI is InChI=1S/C20H33N3O2/c1-4-21-19(23-16-20(10-6-11-20)12-14-24-2)22-13-9-17-7-5-8-18(15-17)25-3/h5,7-8,15H,4,6,9-14,16H2,1-3H3,(H2,21,22,23). The van der Waals surface area contributed by atoms with Crippen LogP contribution in [-0.4, -0.2) is 46.4 Å². The minimum absolute atomic E-state index is 0.352. The first-order chi connectivity index (χ1) is 12.2. The summed E-state index contributed by atoms with van der Waals surface area (Å²) in [7, 11) is 3.48. The normalized spacial score (nSPS) is 16.2. The van der Waals surface area contributed by atoms with Crippen LogP contribution >= 0.6 is 0 Å². The van der Waals surface area contributed by atoms with Gasteiger partial charge in [0.15, 0.2) is 5.96 Å². The Labute approximate surface area is 152 Å². The number of aliphatic imine (C=N–C) groups is 1. The molecule has 1 fully saturated rings. The van der Waals surface area contributed by atoms with Crippen LogP contribution in [0.15, 0.2) is 29.3 Å². The molecule has 0 aromatic heterocycles. The van der Waals surface area contributed by atoms with Crippen LogP contribution in [0.5, 0.6) is 5.75 Å². The Morgan fingerprint density at radius 2 is 2.08 bits per heavy atom. The van der Waals surface area contributed by atoms with E-state index in [0.717, 1.165) is 50.8 Å². The first-order valence-corrected chi connectivity index (χ1v) is 9.35. The molecule has 2 rings (SSSR count). The maximum absolute atomic E-state index is 5.28. The number of nitrogens with one attached hydrogen (secondary N) is 2. The molecule has 0 radical (unpaired) electrons. The van der Waals surface area contributed by atoms with E-state index in [0.29, 0.717) is 5.41 Å². The number of ether oxygens (including phenoxy) is 2. The summed E-state index contributed by atoms with van der Waals surface area (Å²) in [5, 5.41) is 6.80. The number of nitrogens with zero attached hydrogens (tertiary/aromatic N) is 1. The molecule has 1 aliphatic rings. The minimum Gasteiger partial charge on any atom is -0.497 e. The van der Waals surface area contributed by atoms with Gasteiger partial charge in [-0.2, -0.15) is 0 Å². The lowest BCUT2D eigenvalue weighted by atomic mass is 9.67. The molecule has 1 saturated carbocycles. The van der Waals surface area contributed by atoms with E-state index in [1.807, 2.05) is 12.1 Å². The van der Waals surface area contributed by atoms with E-state index in [9.17, 15) is 0 Å². The van der Waals surface area contributed by atoms with E-state index in [2.05, 4.69) is 29.7 Å². The lowest BCUT2D eigenvalue weighted by molar-refractivity contribution is 0.0778. The fourth-order valence-corrected chi connectivity index (χ4v) is 3.22. The van der Waals surface area contributed by atoms with Crippen molar-refractivity contribution in [1.29, 1.82) is 0 Å². The van der Waals surface area contributed by atoms with Crippen LogP contribution in [0, 0.1) is 5.41 Å². The smallest absolute Gasteiger partial charge is 0.191 e. The number of benzene rings is 1. The molecule has 1 aromatic carbocycles. The molecule has 0 heterocycles. The van der Waals surface area contributed by atoms with E-state index < -0.39 is 0 Å². The van der Waals surface area contributed by atoms with Crippen molar-refractivity contribution < 1.29 is 9.47 Å². The number of guanidine groups is 1. The zero-order valence-corrected chi connectivity index (χ0v) is 15.9. The Morgan fingerprint density at radius 3 is 2.72 bits per heavy atom. The van der Waals surface area contributed by atoms with Gasteiger partial charge in [0.1, 0.15) is 5.75 Å².